The van der Waals surface area contributed by atoms with E-state index in [9.17, 15) is 4.79 Å². The number of carbonyl (C=O) groups is 1. The van der Waals surface area contributed by atoms with Crippen LogP contribution in [0.1, 0.15) is 45.9 Å². The van der Waals surface area contributed by atoms with Gasteiger partial charge in [-0.15, -0.1) is 0 Å². The van der Waals surface area contributed by atoms with Gasteiger partial charge in [0, 0.05) is 64.6 Å². The van der Waals surface area contributed by atoms with Crippen LogP contribution in [0.25, 0.3) is 11.3 Å². The van der Waals surface area contributed by atoms with Crippen molar-refractivity contribution in [1.82, 2.24) is 15.1 Å². The number of carbonyl (C=O) groups excluding carboxylic acids is 1. The van der Waals surface area contributed by atoms with Crippen molar-refractivity contribution in [1.29, 1.82) is 0 Å². The maximum Gasteiger partial charge on any atom is 0.255 e. The second kappa shape index (κ2) is 9.30. The summed E-state index contributed by atoms with van der Waals surface area (Å²) in [6.07, 6.45) is 2.49. The van der Waals surface area contributed by atoms with Gasteiger partial charge in [-0.1, -0.05) is 23.7 Å². The normalized spacial score (nSPS) is 16.8. The highest BCUT2D eigenvalue weighted by molar-refractivity contribution is 7.99. The maximum absolute atomic E-state index is 12.9. The van der Waals surface area contributed by atoms with Crippen molar-refractivity contribution in [3.8, 4) is 11.3 Å². The van der Waals surface area contributed by atoms with Crippen LogP contribution in [0.3, 0.4) is 0 Å². The minimum Gasteiger partial charge on any atom is -0.322 e. The van der Waals surface area contributed by atoms with Crippen molar-refractivity contribution in [2.45, 2.75) is 32.2 Å². The van der Waals surface area contributed by atoms with E-state index < -0.39 is 0 Å². The summed E-state index contributed by atoms with van der Waals surface area (Å²) in [5, 5.41) is 11.4. The first kappa shape index (κ1) is 21.6. The number of aromatic nitrogens is 2. The molecular weight excluding hydrogens is 440 g/mol. The van der Waals surface area contributed by atoms with E-state index in [0.29, 0.717) is 16.5 Å². The summed E-state index contributed by atoms with van der Waals surface area (Å²) >= 11 is 8.41. The van der Waals surface area contributed by atoms with Gasteiger partial charge in [0.1, 0.15) is 0 Å². The van der Waals surface area contributed by atoms with E-state index in [1.165, 1.54) is 24.1 Å². The van der Waals surface area contributed by atoms with Crippen molar-refractivity contribution < 1.29 is 4.79 Å². The molecule has 32 heavy (non-hydrogen) atoms. The highest BCUT2D eigenvalue weighted by Crippen LogP contribution is 2.42. The minimum absolute atomic E-state index is 0.128. The molecular formula is C25H27ClN4OS. The Labute approximate surface area is 197 Å². The lowest BCUT2D eigenvalue weighted by atomic mass is 10.0. The number of hydrogen-bond acceptors (Lipinski definition) is 4. The first-order chi connectivity index (χ1) is 15.6. The fourth-order valence-corrected chi connectivity index (χ4v) is 5.37. The summed E-state index contributed by atoms with van der Waals surface area (Å²) < 4.78 is 0. The standard InChI is InChI=1S/C25H27ClN4OS/c1-16-23(17-2-3-17)28-29-24(16)18-4-7-21(8-5-18)27-25(31)19-6-9-22(26)20(14-19)15-30-10-12-32-13-11-30/h4-9,14,17H,2-3,10-13,15H2,1H3,(H,27,31)(H,28,29). The number of thioether (sulfide) groups is 1. The van der Waals surface area contributed by atoms with Crippen molar-refractivity contribution in [3.05, 3.63) is 69.9 Å². The number of benzene rings is 2. The molecule has 1 aromatic heterocycles. The quantitative estimate of drug-likeness (QED) is 0.488. The summed E-state index contributed by atoms with van der Waals surface area (Å²) in [5.41, 5.74) is 6.92. The highest BCUT2D eigenvalue weighted by Gasteiger charge is 2.28. The second-order valence-electron chi connectivity index (χ2n) is 8.61. The Kier molecular flexibility index (Phi) is 6.26. The number of anilines is 1. The van der Waals surface area contributed by atoms with E-state index in [1.807, 2.05) is 48.2 Å². The fourth-order valence-electron chi connectivity index (χ4n) is 4.21. The van der Waals surface area contributed by atoms with Crippen molar-refractivity contribution in [3.63, 3.8) is 0 Å². The minimum atomic E-state index is -0.128. The van der Waals surface area contributed by atoms with Crippen LogP contribution < -0.4 is 5.32 Å². The Morgan fingerprint density at radius 3 is 2.66 bits per heavy atom. The number of nitrogens with zero attached hydrogens (tertiary/aromatic N) is 2. The lowest BCUT2D eigenvalue weighted by molar-refractivity contribution is 0.102. The van der Waals surface area contributed by atoms with Crippen LogP contribution in [0.5, 0.6) is 0 Å². The Morgan fingerprint density at radius 1 is 1.19 bits per heavy atom. The van der Waals surface area contributed by atoms with Gasteiger partial charge in [-0.25, -0.2) is 0 Å². The molecule has 0 radical (unpaired) electrons. The van der Waals surface area contributed by atoms with Crippen LogP contribution in [0.15, 0.2) is 42.5 Å². The first-order valence-corrected chi connectivity index (χ1v) is 12.7. The summed E-state index contributed by atoms with van der Waals surface area (Å²) in [4.78, 5) is 15.3. The Bertz CT molecular complexity index is 1120. The van der Waals surface area contributed by atoms with Gasteiger partial charge in [0.15, 0.2) is 0 Å². The zero-order valence-electron chi connectivity index (χ0n) is 18.2. The number of nitrogens with one attached hydrogen (secondary N) is 2. The van der Waals surface area contributed by atoms with Gasteiger partial charge in [0.05, 0.1) is 5.69 Å². The van der Waals surface area contributed by atoms with Crippen molar-refractivity contribution in [2.24, 2.45) is 0 Å². The van der Waals surface area contributed by atoms with Crippen LogP contribution in [0.4, 0.5) is 5.69 Å². The number of halogens is 1. The predicted octanol–water partition coefficient (Wildman–Crippen LogP) is 5.72. The first-order valence-electron chi connectivity index (χ1n) is 11.1. The number of aromatic amines is 1. The molecule has 2 N–H and O–H groups in total. The average Bonchev–Trinajstić information content (AvgIpc) is 3.58. The van der Waals surface area contributed by atoms with E-state index >= 15 is 0 Å². The molecule has 3 aromatic rings. The summed E-state index contributed by atoms with van der Waals surface area (Å²) in [6, 6.07) is 13.4. The van der Waals surface area contributed by atoms with Gasteiger partial charge < -0.3 is 5.32 Å². The Balaban J connectivity index is 1.27. The molecule has 1 saturated heterocycles. The van der Waals surface area contributed by atoms with Crippen molar-refractivity contribution in [2.75, 3.05) is 29.9 Å². The fraction of sp³-hybridized carbons (Fsp3) is 0.360. The van der Waals surface area contributed by atoms with Gasteiger partial charge in [-0.3, -0.25) is 14.8 Å². The Hall–Kier alpha value is -2.28. The zero-order valence-corrected chi connectivity index (χ0v) is 19.7. The van der Waals surface area contributed by atoms with Crippen LogP contribution in [0, 0.1) is 6.92 Å². The molecule has 0 atom stereocenters. The summed E-state index contributed by atoms with van der Waals surface area (Å²) in [7, 11) is 0. The molecule has 5 rings (SSSR count). The molecule has 0 unspecified atom stereocenters. The molecule has 2 fully saturated rings. The number of hydrogen-bond donors (Lipinski definition) is 2. The number of amides is 1. The third-order valence-electron chi connectivity index (χ3n) is 6.25. The van der Waals surface area contributed by atoms with E-state index in [2.05, 4.69) is 27.3 Å². The predicted molar refractivity (Wildman–Crippen MR) is 133 cm³/mol. The molecule has 1 saturated carbocycles. The zero-order chi connectivity index (χ0) is 22.1. The number of rotatable bonds is 6. The molecule has 7 heteroatoms. The molecule has 1 aliphatic heterocycles. The van der Waals surface area contributed by atoms with E-state index in [-0.39, 0.29) is 5.91 Å². The van der Waals surface area contributed by atoms with Gasteiger partial charge >= 0.3 is 0 Å². The van der Waals surface area contributed by atoms with E-state index in [0.717, 1.165) is 53.6 Å². The van der Waals surface area contributed by atoms with Crippen LogP contribution in [-0.4, -0.2) is 45.6 Å². The second-order valence-corrected chi connectivity index (χ2v) is 10.2. The lowest BCUT2D eigenvalue weighted by Gasteiger charge is -2.26. The molecule has 2 aromatic carbocycles. The van der Waals surface area contributed by atoms with Gasteiger partial charge in [-0.2, -0.15) is 16.9 Å². The molecule has 1 amide bonds. The number of H-pyrrole nitrogens is 1. The van der Waals surface area contributed by atoms with Crippen LogP contribution in [-0.2, 0) is 6.54 Å². The van der Waals surface area contributed by atoms with E-state index in [4.69, 9.17) is 11.6 Å². The van der Waals surface area contributed by atoms with Crippen LogP contribution in [0.2, 0.25) is 5.02 Å². The third kappa shape index (κ3) is 4.72. The molecule has 2 aliphatic rings. The van der Waals surface area contributed by atoms with Gasteiger partial charge in [-0.05, 0) is 61.2 Å². The maximum atomic E-state index is 12.9. The molecule has 5 nitrogen and oxygen atoms in total. The smallest absolute Gasteiger partial charge is 0.255 e. The molecule has 0 bridgehead atoms. The van der Waals surface area contributed by atoms with Gasteiger partial charge in [0.2, 0.25) is 0 Å². The SMILES string of the molecule is Cc1c(-c2ccc(NC(=O)c3ccc(Cl)c(CN4CCSCC4)c3)cc2)n[nH]c1C1CC1. The van der Waals surface area contributed by atoms with Gasteiger partial charge in [0.25, 0.3) is 5.91 Å². The largest absolute Gasteiger partial charge is 0.322 e. The monoisotopic (exact) mass is 466 g/mol. The van der Waals surface area contributed by atoms with E-state index in [1.54, 1.807) is 6.07 Å². The summed E-state index contributed by atoms with van der Waals surface area (Å²) in [6.45, 7) is 5.02. The third-order valence-corrected chi connectivity index (χ3v) is 7.57. The lowest BCUT2D eigenvalue weighted by Crippen LogP contribution is -2.32. The molecule has 166 valence electrons. The highest BCUT2D eigenvalue weighted by atomic mass is 35.5. The molecule has 2 heterocycles. The average molecular weight is 467 g/mol. The van der Waals surface area contributed by atoms with Crippen LogP contribution >= 0.6 is 23.4 Å². The topological polar surface area (TPSA) is 61.0 Å². The molecule has 0 spiro atoms. The van der Waals surface area contributed by atoms with Crippen molar-refractivity contribution >= 4 is 35.0 Å². The Morgan fingerprint density at radius 2 is 1.94 bits per heavy atom. The summed E-state index contributed by atoms with van der Waals surface area (Å²) in [5.74, 6) is 2.81. The molecule has 1 aliphatic carbocycles.